The molecule has 0 atom stereocenters. The van der Waals surface area contributed by atoms with E-state index in [0.29, 0.717) is 66.5 Å². The number of fused-ring (bicyclic) bond motifs is 1. The lowest BCUT2D eigenvalue weighted by atomic mass is 10.2. The number of carbonyl (C=O) groups is 1. The number of nitrogens with one attached hydrogen (secondary N) is 1. The van der Waals surface area contributed by atoms with Gasteiger partial charge in [-0.15, -0.1) is 0 Å². The second kappa shape index (κ2) is 14.4. The number of unbranched alkanes of at least 4 members (excludes halogenated alkanes) is 1. The third-order valence-electron chi connectivity index (χ3n) is 5.87. The predicted octanol–water partition coefficient (Wildman–Crippen LogP) is 7.98. The van der Waals surface area contributed by atoms with Crippen LogP contribution in [0.15, 0.2) is 71.8 Å². The van der Waals surface area contributed by atoms with Crippen molar-refractivity contribution in [3.05, 3.63) is 88.7 Å². The summed E-state index contributed by atoms with van der Waals surface area (Å²) in [5.41, 5.74) is 1.59. The van der Waals surface area contributed by atoms with Crippen molar-refractivity contribution in [2.45, 2.75) is 33.1 Å². The number of aromatic nitrogens is 2. The van der Waals surface area contributed by atoms with Gasteiger partial charge in [0.2, 0.25) is 0 Å². The maximum atomic E-state index is 13.4. The van der Waals surface area contributed by atoms with Gasteiger partial charge < -0.3 is 14.8 Å². The highest BCUT2D eigenvalue weighted by molar-refractivity contribution is 9.13. The lowest BCUT2D eigenvalue weighted by molar-refractivity contribution is -0.118. The Balaban J connectivity index is 1.65. The third kappa shape index (κ3) is 7.77. The van der Waals surface area contributed by atoms with Gasteiger partial charge in [0.05, 0.1) is 28.2 Å². The maximum Gasteiger partial charge on any atom is 0.282 e. The van der Waals surface area contributed by atoms with Gasteiger partial charge in [-0.1, -0.05) is 40.9 Å². The van der Waals surface area contributed by atoms with Crippen molar-refractivity contribution in [2.75, 3.05) is 18.5 Å². The Kier molecular flexibility index (Phi) is 11.0. The Hall–Kier alpha value is -2.73. The molecule has 0 unspecified atom stereocenters. The molecule has 0 bridgehead atoms. The molecule has 0 fully saturated rings. The normalized spacial score (nSPS) is 11.3. The summed E-state index contributed by atoms with van der Waals surface area (Å²) >= 11 is 16.5. The Morgan fingerprint density at radius 1 is 1.07 bits per heavy atom. The van der Waals surface area contributed by atoms with Gasteiger partial charge in [-0.3, -0.25) is 9.59 Å². The molecule has 0 aliphatic heterocycles. The van der Waals surface area contributed by atoms with E-state index in [9.17, 15) is 9.59 Å². The molecule has 4 rings (SSSR count). The minimum Gasteiger partial charge on any atom is -0.490 e. The van der Waals surface area contributed by atoms with E-state index in [-0.39, 0.29) is 18.1 Å². The van der Waals surface area contributed by atoms with Crippen LogP contribution in [0.25, 0.3) is 10.9 Å². The minimum absolute atomic E-state index is 0.254. The van der Waals surface area contributed by atoms with Gasteiger partial charge in [0.15, 0.2) is 18.1 Å². The van der Waals surface area contributed by atoms with Crippen molar-refractivity contribution in [2.24, 2.45) is 5.10 Å². The molecule has 0 aliphatic rings. The monoisotopic (exact) mass is 766 g/mol. The van der Waals surface area contributed by atoms with Crippen LogP contribution in [0.4, 0.5) is 5.69 Å². The number of carbonyl (C=O) groups excluding carboxylic acids is 1. The Bertz CT molecular complexity index is 1660. The first-order valence-corrected chi connectivity index (χ1v) is 15.6. The van der Waals surface area contributed by atoms with Crippen molar-refractivity contribution in [1.29, 1.82) is 0 Å². The number of halogens is 4. The lowest BCUT2D eigenvalue weighted by Crippen LogP contribution is -2.22. The number of benzene rings is 3. The number of nitrogens with zero attached hydrogens (tertiary/aromatic N) is 3. The summed E-state index contributed by atoms with van der Waals surface area (Å²) in [6, 6.07) is 13.9. The summed E-state index contributed by atoms with van der Waals surface area (Å²) in [7, 11) is 0. The molecule has 214 valence electrons. The SMILES string of the molecule is CCCCc1nc2ccc(Br)cc2c(=O)n1N=Cc1cc(OCC)c(OCC(=O)Nc2ccc(Cl)cc2)c(Br)c1Br. The van der Waals surface area contributed by atoms with Gasteiger partial charge in [0.25, 0.3) is 11.5 Å². The first-order valence-electron chi connectivity index (χ1n) is 12.8. The van der Waals surface area contributed by atoms with Crippen LogP contribution in [0.1, 0.15) is 38.1 Å². The van der Waals surface area contributed by atoms with Crippen molar-refractivity contribution in [3.8, 4) is 11.5 Å². The second-order valence-electron chi connectivity index (χ2n) is 8.85. The molecule has 41 heavy (non-hydrogen) atoms. The maximum absolute atomic E-state index is 13.4. The van der Waals surface area contributed by atoms with Crippen LogP contribution < -0.4 is 20.3 Å². The highest BCUT2D eigenvalue weighted by Crippen LogP contribution is 2.42. The largest absolute Gasteiger partial charge is 0.490 e. The average Bonchev–Trinajstić information content (AvgIpc) is 2.95. The average molecular weight is 770 g/mol. The molecule has 4 aromatic rings. The van der Waals surface area contributed by atoms with Gasteiger partial charge in [-0.2, -0.15) is 9.78 Å². The summed E-state index contributed by atoms with van der Waals surface area (Å²) in [6.45, 7) is 4.04. The molecule has 1 aromatic heterocycles. The number of hydrogen-bond donors (Lipinski definition) is 1. The van der Waals surface area contributed by atoms with Crippen LogP contribution in [0, 0.1) is 0 Å². The number of aryl methyl sites for hydroxylation is 1. The summed E-state index contributed by atoms with van der Waals surface area (Å²) in [6.07, 6.45) is 3.99. The van der Waals surface area contributed by atoms with Crippen LogP contribution in [0.2, 0.25) is 5.02 Å². The van der Waals surface area contributed by atoms with Gasteiger partial charge >= 0.3 is 0 Å². The first-order chi connectivity index (χ1) is 19.7. The van der Waals surface area contributed by atoms with E-state index in [4.69, 9.17) is 26.1 Å². The van der Waals surface area contributed by atoms with Crippen molar-refractivity contribution in [1.82, 2.24) is 9.66 Å². The third-order valence-corrected chi connectivity index (χ3v) is 8.76. The number of amides is 1. The van der Waals surface area contributed by atoms with E-state index >= 15 is 0 Å². The van der Waals surface area contributed by atoms with E-state index < -0.39 is 0 Å². The summed E-state index contributed by atoms with van der Waals surface area (Å²) in [4.78, 5) is 30.7. The molecule has 8 nitrogen and oxygen atoms in total. The molecular weight excluding hydrogens is 744 g/mol. The fourth-order valence-electron chi connectivity index (χ4n) is 3.89. The minimum atomic E-state index is -0.349. The predicted molar refractivity (Wildman–Crippen MR) is 174 cm³/mol. The summed E-state index contributed by atoms with van der Waals surface area (Å²) < 4.78 is 15.0. The summed E-state index contributed by atoms with van der Waals surface area (Å²) in [5, 5.41) is 8.35. The van der Waals surface area contributed by atoms with Crippen molar-refractivity contribution in [3.63, 3.8) is 0 Å². The molecule has 0 saturated heterocycles. The van der Waals surface area contributed by atoms with E-state index in [1.54, 1.807) is 42.6 Å². The zero-order valence-corrected chi connectivity index (χ0v) is 27.7. The molecule has 0 aliphatic carbocycles. The molecule has 12 heteroatoms. The molecule has 1 N–H and O–H groups in total. The zero-order valence-electron chi connectivity index (χ0n) is 22.2. The number of rotatable bonds is 11. The molecule has 0 saturated carbocycles. The molecule has 1 heterocycles. The zero-order chi connectivity index (χ0) is 29.5. The van der Waals surface area contributed by atoms with Crippen molar-refractivity contribution < 1.29 is 14.3 Å². The first kappa shape index (κ1) is 31.2. The lowest BCUT2D eigenvalue weighted by Gasteiger charge is -2.16. The topological polar surface area (TPSA) is 94.8 Å². The molecule has 0 radical (unpaired) electrons. The van der Waals surface area contributed by atoms with E-state index in [0.717, 1.165) is 17.3 Å². The van der Waals surface area contributed by atoms with Crippen LogP contribution in [0.5, 0.6) is 11.5 Å². The Morgan fingerprint density at radius 3 is 2.54 bits per heavy atom. The van der Waals surface area contributed by atoms with E-state index in [1.165, 1.54) is 4.68 Å². The number of anilines is 1. The highest BCUT2D eigenvalue weighted by Gasteiger charge is 2.19. The van der Waals surface area contributed by atoms with E-state index in [1.807, 2.05) is 19.1 Å². The van der Waals surface area contributed by atoms with Gasteiger partial charge in [-0.05, 0) is 93.7 Å². The van der Waals surface area contributed by atoms with Gasteiger partial charge in [0.1, 0.15) is 5.82 Å². The smallest absolute Gasteiger partial charge is 0.282 e. The van der Waals surface area contributed by atoms with Crippen LogP contribution in [0.3, 0.4) is 0 Å². The quantitative estimate of drug-likeness (QED) is 0.156. The fraction of sp³-hybridized carbons (Fsp3) is 0.241. The fourth-order valence-corrected chi connectivity index (χ4v) is 5.32. The number of ether oxygens (including phenoxy) is 2. The molecule has 0 spiro atoms. The standard InChI is InChI=1S/C29H26Br3ClN4O4/c1-3-5-6-24-36-22-12-7-18(30)14-21(22)29(39)37(24)34-15-17-13-23(40-4-2)28(27(32)26(17)31)41-16-25(38)35-20-10-8-19(33)9-11-20/h7-15H,3-6,16H2,1-2H3,(H,35,38). The Labute approximate surface area is 267 Å². The Morgan fingerprint density at radius 2 is 1.83 bits per heavy atom. The van der Waals surface area contributed by atoms with Crippen LogP contribution in [-0.4, -0.2) is 35.0 Å². The van der Waals surface area contributed by atoms with Gasteiger partial charge in [-0.25, -0.2) is 4.98 Å². The van der Waals surface area contributed by atoms with Gasteiger partial charge in [0, 0.05) is 31.6 Å². The van der Waals surface area contributed by atoms with Crippen LogP contribution in [-0.2, 0) is 11.2 Å². The van der Waals surface area contributed by atoms with Crippen molar-refractivity contribution >= 4 is 88.1 Å². The number of hydrogen-bond acceptors (Lipinski definition) is 6. The van der Waals surface area contributed by atoms with Crippen LogP contribution >= 0.6 is 59.4 Å². The molecule has 3 aromatic carbocycles. The molecular formula is C29H26Br3ClN4O4. The van der Waals surface area contributed by atoms with E-state index in [2.05, 4.69) is 65.1 Å². The highest BCUT2D eigenvalue weighted by atomic mass is 79.9. The summed E-state index contributed by atoms with van der Waals surface area (Å²) in [5.74, 6) is 0.982. The molecule has 1 amide bonds. The second-order valence-corrected chi connectivity index (χ2v) is 11.8.